The third-order valence-electron chi connectivity index (χ3n) is 8.36. The Morgan fingerprint density at radius 2 is 1.83 bits per heavy atom. The molecule has 0 saturated heterocycles. The average Bonchev–Trinajstić information content (AvgIpc) is 2.89. The van der Waals surface area contributed by atoms with Crippen LogP contribution in [0.4, 0.5) is 5.69 Å². The van der Waals surface area contributed by atoms with E-state index in [4.69, 9.17) is 5.73 Å². The second-order valence-electron chi connectivity index (χ2n) is 11.2. The number of hydrogen-bond acceptors (Lipinski definition) is 10. The predicted octanol–water partition coefficient (Wildman–Crippen LogP) is 1.23. The van der Waals surface area contributed by atoms with Gasteiger partial charge < -0.3 is 36.8 Å². The summed E-state index contributed by atoms with van der Waals surface area (Å²) in [5.74, 6) is -7.58. The molecule has 0 heterocycles. The molecule has 222 valence electrons. The number of aliphatic hydroxyl groups is 3. The number of primary amides is 1. The van der Waals surface area contributed by atoms with Gasteiger partial charge in [-0.2, -0.15) is 0 Å². The number of benzene rings is 1. The first-order valence-electron chi connectivity index (χ1n) is 13.9. The van der Waals surface area contributed by atoms with Crippen LogP contribution >= 0.6 is 0 Å². The van der Waals surface area contributed by atoms with Crippen molar-refractivity contribution in [3.05, 3.63) is 45.9 Å². The van der Waals surface area contributed by atoms with Crippen molar-refractivity contribution in [1.29, 1.82) is 0 Å². The number of phenolic OH excluding ortho intramolecular Hbond substituents is 1. The molecule has 12 heteroatoms. The summed E-state index contributed by atoms with van der Waals surface area (Å²) in [7, 11) is 3.15. The van der Waals surface area contributed by atoms with E-state index in [0.29, 0.717) is 12.1 Å². The van der Waals surface area contributed by atoms with Crippen LogP contribution in [-0.4, -0.2) is 87.5 Å². The molecule has 12 nitrogen and oxygen atoms in total. The molecule has 41 heavy (non-hydrogen) atoms. The predicted molar refractivity (Wildman–Crippen MR) is 149 cm³/mol. The number of hydrogen-bond donors (Lipinski definition) is 7. The number of nitrogens with one attached hydrogen (secondary N) is 2. The molecule has 8 N–H and O–H groups in total. The monoisotopic (exact) mass is 570 g/mol. The largest absolute Gasteiger partial charge is 0.510 e. The molecular formula is C29H38N4O8. The summed E-state index contributed by atoms with van der Waals surface area (Å²) in [6.07, 6.45) is 4.40. The summed E-state index contributed by atoms with van der Waals surface area (Å²) in [5, 5.41) is 50.5. The van der Waals surface area contributed by atoms with Gasteiger partial charge in [-0.25, -0.2) is 0 Å². The van der Waals surface area contributed by atoms with E-state index in [9.17, 15) is 39.6 Å². The lowest BCUT2D eigenvalue weighted by Crippen LogP contribution is -2.63. The molecule has 2 unspecified atom stereocenters. The van der Waals surface area contributed by atoms with Gasteiger partial charge in [-0.1, -0.05) is 32.3 Å². The highest BCUT2D eigenvalue weighted by atomic mass is 16.3. The highest BCUT2D eigenvalue weighted by molar-refractivity contribution is 6.25. The van der Waals surface area contributed by atoms with Crippen LogP contribution in [0.5, 0.6) is 5.75 Å². The van der Waals surface area contributed by atoms with Crippen molar-refractivity contribution >= 4 is 29.1 Å². The summed E-state index contributed by atoms with van der Waals surface area (Å²) in [4.78, 5) is 53.1. The van der Waals surface area contributed by atoms with Crippen LogP contribution in [0.1, 0.15) is 54.9 Å². The fourth-order valence-corrected chi connectivity index (χ4v) is 6.40. The fraction of sp³-hybridized carbons (Fsp3) is 0.517. The number of unbranched alkanes of at least 4 members (excludes halogenated alkanes) is 3. The number of carbonyl (C=O) groups is 4. The molecule has 0 fully saturated rings. The molecule has 0 radical (unpaired) electrons. The molecule has 3 aliphatic rings. The Labute approximate surface area is 237 Å². The Morgan fingerprint density at radius 1 is 1.12 bits per heavy atom. The number of allylic oxidation sites excluding steroid dienone is 1. The first kappa shape index (κ1) is 30.2. The zero-order valence-electron chi connectivity index (χ0n) is 23.5. The van der Waals surface area contributed by atoms with Crippen molar-refractivity contribution < 1.29 is 39.6 Å². The van der Waals surface area contributed by atoms with E-state index in [1.165, 1.54) is 11.0 Å². The quantitative estimate of drug-likeness (QED) is 0.122. The molecular weight excluding hydrogens is 532 g/mol. The second kappa shape index (κ2) is 11.6. The Balaban J connectivity index is 1.66. The number of rotatable bonds is 10. The number of fused-ring (bicyclic) bond motifs is 3. The summed E-state index contributed by atoms with van der Waals surface area (Å²) in [6, 6.07) is 2.05. The van der Waals surface area contributed by atoms with Crippen molar-refractivity contribution in [1.82, 2.24) is 10.2 Å². The van der Waals surface area contributed by atoms with E-state index in [1.54, 1.807) is 20.2 Å². The van der Waals surface area contributed by atoms with Crippen LogP contribution in [0.2, 0.25) is 0 Å². The van der Waals surface area contributed by atoms with Crippen molar-refractivity contribution in [2.45, 2.75) is 57.1 Å². The van der Waals surface area contributed by atoms with Gasteiger partial charge in [-0.15, -0.1) is 0 Å². The van der Waals surface area contributed by atoms with Crippen LogP contribution < -0.4 is 16.4 Å². The minimum atomic E-state index is -2.70. The number of Topliss-reactive ketones (excluding diaryl/α,β-unsaturated/α-hetero) is 2. The lowest BCUT2D eigenvalue weighted by atomic mass is 9.58. The molecule has 0 saturated carbocycles. The zero-order valence-corrected chi connectivity index (χ0v) is 23.5. The first-order chi connectivity index (χ1) is 19.4. The Hall–Kier alpha value is -3.74. The molecule has 1 aromatic carbocycles. The van der Waals surface area contributed by atoms with Crippen molar-refractivity contribution in [2.24, 2.45) is 17.6 Å². The maximum atomic E-state index is 13.7. The van der Waals surface area contributed by atoms with Gasteiger partial charge in [-0.3, -0.25) is 24.1 Å². The van der Waals surface area contributed by atoms with Gasteiger partial charge in [0, 0.05) is 11.5 Å². The Kier molecular flexibility index (Phi) is 8.57. The van der Waals surface area contributed by atoms with E-state index in [2.05, 4.69) is 17.6 Å². The number of amides is 2. The zero-order chi connectivity index (χ0) is 30.2. The second-order valence-corrected chi connectivity index (χ2v) is 11.2. The number of carbonyl (C=O) groups excluding carboxylic acids is 4. The van der Waals surface area contributed by atoms with E-state index < -0.39 is 69.7 Å². The summed E-state index contributed by atoms with van der Waals surface area (Å²) >= 11 is 0. The Morgan fingerprint density at radius 3 is 2.46 bits per heavy atom. The third kappa shape index (κ3) is 5.11. The van der Waals surface area contributed by atoms with Gasteiger partial charge in [-0.05, 0) is 57.5 Å². The average molecular weight is 571 g/mol. The van der Waals surface area contributed by atoms with Gasteiger partial charge in [0.05, 0.1) is 23.8 Å². The maximum absolute atomic E-state index is 13.7. The lowest BCUT2D eigenvalue weighted by molar-refractivity contribution is -0.148. The van der Waals surface area contributed by atoms with E-state index in [1.807, 2.05) is 0 Å². The molecule has 0 aromatic heterocycles. The molecule has 0 aliphatic heterocycles. The number of nitrogens with zero attached hydrogens (tertiary/aromatic N) is 1. The molecule has 3 aliphatic carbocycles. The Bertz CT molecular complexity index is 1350. The van der Waals surface area contributed by atoms with Crippen molar-refractivity contribution in [2.75, 3.05) is 32.5 Å². The van der Waals surface area contributed by atoms with Crippen LogP contribution in [0.3, 0.4) is 0 Å². The number of phenols is 1. The van der Waals surface area contributed by atoms with Gasteiger partial charge in [0.1, 0.15) is 17.1 Å². The molecule has 0 spiro atoms. The number of nitrogens with two attached hydrogens (primary N) is 1. The summed E-state index contributed by atoms with van der Waals surface area (Å²) < 4.78 is 0. The summed E-state index contributed by atoms with van der Waals surface area (Å²) in [5.41, 5.74) is 1.86. The van der Waals surface area contributed by atoms with Gasteiger partial charge in [0.15, 0.2) is 17.1 Å². The number of aromatic hydroxyl groups is 1. The number of likely N-dealkylation sites (N-methyl/N-ethyl adjacent to an activating group) is 1. The maximum Gasteiger partial charge on any atom is 0.255 e. The minimum Gasteiger partial charge on any atom is -0.510 e. The third-order valence-corrected chi connectivity index (χ3v) is 8.36. The number of ketones is 2. The molecule has 4 atom stereocenters. The molecule has 0 bridgehead atoms. The summed E-state index contributed by atoms with van der Waals surface area (Å²) in [6.45, 7) is 2.79. The van der Waals surface area contributed by atoms with E-state index in [-0.39, 0.29) is 36.2 Å². The highest BCUT2D eigenvalue weighted by Crippen LogP contribution is 2.52. The topological polar surface area (TPSA) is 203 Å². The number of aliphatic hydroxyl groups excluding tert-OH is 2. The molecule has 4 rings (SSSR count). The molecule has 1 aromatic rings. The standard InChI is InChI=1S/C29H38N4O8/c1-4-5-6-7-10-31-13-18(34)32-17-9-8-14-11-15-12-16-22(33(2)3)25(37)21(28(30)40)27(39)29(16,41)26(38)20(15)24(36)19(14)23(17)35/h8-9,15-16,22,31,35,37-38,41H,4-7,10-13H2,1-3H3,(H2,30,40)(H,32,34)/t15?,16?,22-,29-/m0/s1. The van der Waals surface area contributed by atoms with Crippen LogP contribution in [0.25, 0.3) is 0 Å². The smallest absolute Gasteiger partial charge is 0.255 e. The normalized spacial score (nSPS) is 25.6. The SMILES string of the molecule is CCCCCCNCC(=O)Nc1ccc2c(c1O)C(=O)C1=C(O)[C@]3(O)C(=O)C(C(N)=O)=C(O)[C@@H](N(C)C)C3CC1C2. The van der Waals surface area contributed by atoms with Gasteiger partial charge in [0.2, 0.25) is 11.7 Å². The van der Waals surface area contributed by atoms with Crippen LogP contribution in [0.15, 0.2) is 34.8 Å². The first-order valence-corrected chi connectivity index (χ1v) is 13.9. The van der Waals surface area contributed by atoms with E-state index >= 15 is 0 Å². The van der Waals surface area contributed by atoms with Crippen LogP contribution in [-0.2, 0) is 20.8 Å². The molecule has 2 amide bonds. The lowest BCUT2D eigenvalue weighted by Gasteiger charge is -2.50. The van der Waals surface area contributed by atoms with E-state index in [0.717, 1.165) is 25.7 Å². The van der Waals surface area contributed by atoms with Gasteiger partial charge >= 0.3 is 0 Å². The van der Waals surface area contributed by atoms with Crippen molar-refractivity contribution in [3.63, 3.8) is 0 Å². The minimum absolute atomic E-state index is 0.00565. The fourth-order valence-electron chi connectivity index (χ4n) is 6.40. The van der Waals surface area contributed by atoms with Crippen LogP contribution in [0, 0.1) is 11.8 Å². The highest BCUT2D eigenvalue weighted by Gasteiger charge is 2.63. The van der Waals surface area contributed by atoms with Crippen molar-refractivity contribution in [3.8, 4) is 5.75 Å². The number of anilines is 1. The van der Waals surface area contributed by atoms with Gasteiger partial charge in [0.25, 0.3) is 5.91 Å².